The molecule has 0 aliphatic carbocycles. The highest BCUT2D eigenvalue weighted by Gasteiger charge is 2.08. The summed E-state index contributed by atoms with van der Waals surface area (Å²) in [4.78, 5) is 22.0. The summed E-state index contributed by atoms with van der Waals surface area (Å²) in [6.07, 6.45) is 2.73. The molecule has 0 amide bonds. The number of nitro benzene ring substituents is 1. The van der Waals surface area contributed by atoms with Crippen LogP contribution in [0.3, 0.4) is 0 Å². The zero-order chi connectivity index (χ0) is 16.8. The van der Waals surface area contributed by atoms with E-state index in [2.05, 4.69) is 4.74 Å². The summed E-state index contributed by atoms with van der Waals surface area (Å²) < 4.78 is 28.5. The number of non-ortho nitro benzene ring substituents is 1. The molecule has 118 valence electrons. The van der Waals surface area contributed by atoms with Gasteiger partial charge in [0.05, 0.1) is 4.92 Å². The largest absolute Gasteiger partial charge is 0.435 e. The van der Waals surface area contributed by atoms with Gasteiger partial charge in [0.15, 0.2) is 5.78 Å². The predicted molar refractivity (Wildman–Crippen MR) is 79.5 cm³/mol. The Hall–Kier alpha value is -3.09. The maximum atomic E-state index is 12.1. The van der Waals surface area contributed by atoms with Gasteiger partial charge in [0, 0.05) is 17.7 Å². The zero-order valence-corrected chi connectivity index (χ0v) is 11.7. The normalized spacial score (nSPS) is 10.9. The molecule has 0 atom stereocenters. The first-order chi connectivity index (χ1) is 11.0. The van der Waals surface area contributed by atoms with Crippen LogP contribution in [-0.4, -0.2) is 17.3 Å². The smallest absolute Gasteiger partial charge is 0.387 e. The molecule has 0 saturated heterocycles. The van der Waals surface area contributed by atoms with Crippen LogP contribution in [0.25, 0.3) is 6.08 Å². The van der Waals surface area contributed by atoms with Crippen LogP contribution in [0.5, 0.6) is 5.75 Å². The number of allylic oxidation sites excluding steroid dienone is 1. The van der Waals surface area contributed by atoms with Gasteiger partial charge in [-0.05, 0) is 35.9 Å². The molecule has 0 spiro atoms. The van der Waals surface area contributed by atoms with E-state index in [0.717, 1.165) is 0 Å². The van der Waals surface area contributed by atoms with Crippen LogP contribution in [-0.2, 0) is 0 Å². The maximum absolute atomic E-state index is 12.1. The Kier molecular flexibility index (Phi) is 5.14. The second-order valence-corrected chi connectivity index (χ2v) is 4.45. The maximum Gasteiger partial charge on any atom is 0.387 e. The molecule has 2 aromatic rings. The molecule has 7 heteroatoms. The fourth-order valence-electron chi connectivity index (χ4n) is 1.80. The quantitative estimate of drug-likeness (QED) is 0.348. The second kappa shape index (κ2) is 7.26. The molecule has 0 aliphatic rings. The van der Waals surface area contributed by atoms with Gasteiger partial charge in [0.25, 0.3) is 5.69 Å². The molecule has 23 heavy (non-hydrogen) atoms. The Labute approximate surface area is 130 Å². The number of nitrogens with zero attached hydrogens (tertiary/aromatic N) is 1. The lowest BCUT2D eigenvalue weighted by molar-refractivity contribution is -0.384. The van der Waals surface area contributed by atoms with E-state index in [1.807, 2.05) is 0 Å². The number of ether oxygens (including phenoxy) is 1. The van der Waals surface area contributed by atoms with Gasteiger partial charge in [-0.1, -0.05) is 18.2 Å². The highest BCUT2D eigenvalue weighted by molar-refractivity contribution is 6.07. The number of carbonyl (C=O) groups excluding carboxylic acids is 1. The van der Waals surface area contributed by atoms with Crippen molar-refractivity contribution in [2.45, 2.75) is 6.61 Å². The van der Waals surface area contributed by atoms with Crippen molar-refractivity contribution in [1.29, 1.82) is 0 Å². The minimum atomic E-state index is -2.96. The molecular formula is C16H11F2NO4. The lowest BCUT2D eigenvalue weighted by atomic mass is 10.1. The van der Waals surface area contributed by atoms with Crippen LogP contribution in [0.4, 0.5) is 14.5 Å². The van der Waals surface area contributed by atoms with E-state index in [1.54, 1.807) is 0 Å². The Morgan fingerprint density at radius 2 is 1.87 bits per heavy atom. The van der Waals surface area contributed by atoms with E-state index < -0.39 is 17.3 Å². The van der Waals surface area contributed by atoms with Gasteiger partial charge in [-0.3, -0.25) is 14.9 Å². The number of hydrogen-bond acceptors (Lipinski definition) is 4. The van der Waals surface area contributed by atoms with Crippen molar-refractivity contribution in [1.82, 2.24) is 0 Å². The lowest BCUT2D eigenvalue weighted by Crippen LogP contribution is -2.03. The van der Waals surface area contributed by atoms with E-state index >= 15 is 0 Å². The highest BCUT2D eigenvalue weighted by Crippen LogP contribution is 2.17. The fourth-order valence-corrected chi connectivity index (χ4v) is 1.80. The molecule has 0 N–H and O–H groups in total. The van der Waals surface area contributed by atoms with E-state index in [4.69, 9.17) is 0 Å². The van der Waals surface area contributed by atoms with Gasteiger partial charge in [-0.25, -0.2) is 0 Å². The second-order valence-electron chi connectivity index (χ2n) is 4.45. The molecule has 0 heterocycles. The number of nitro groups is 1. The Morgan fingerprint density at radius 3 is 2.48 bits per heavy atom. The van der Waals surface area contributed by atoms with Crippen molar-refractivity contribution in [3.8, 4) is 5.75 Å². The molecule has 0 aromatic heterocycles. The third kappa shape index (κ3) is 4.70. The molecular weight excluding hydrogens is 308 g/mol. The summed E-state index contributed by atoms with van der Waals surface area (Å²) >= 11 is 0. The number of rotatable bonds is 6. The van der Waals surface area contributed by atoms with Crippen molar-refractivity contribution in [2.24, 2.45) is 0 Å². The van der Waals surface area contributed by atoms with Crippen LogP contribution in [0.2, 0.25) is 0 Å². The van der Waals surface area contributed by atoms with Crippen LogP contribution < -0.4 is 4.74 Å². The van der Waals surface area contributed by atoms with E-state index in [1.165, 1.54) is 60.7 Å². The molecule has 0 radical (unpaired) electrons. The monoisotopic (exact) mass is 319 g/mol. The Bertz CT molecular complexity index is 742. The van der Waals surface area contributed by atoms with Crippen LogP contribution in [0.1, 0.15) is 15.9 Å². The van der Waals surface area contributed by atoms with E-state index in [9.17, 15) is 23.7 Å². The van der Waals surface area contributed by atoms with Gasteiger partial charge >= 0.3 is 6.61 Å². The number of ketones is 1. The average molecular weight is 319 g/mol. The van der Waals surface area contributed by atoms with Gasteiger partial charge in [-0.15, -0.1) is 0 Å². The topological polar surface area (TPSA) is 69.4 Å². The van der Waals surface area contributed by atoms with Gasteiger partial charge in [0.2, 0.25) is 0 Å². The van der Waals surface area contributed by atoms with Gasteiger partial charge in [-0.2, -0.15) is 8.78 Å². The van der Waals surface area contributed by atoms with Gasteiger partial charge < -0.3 is 4.74 Å². The first kappa shape index (κ1) is 16.3. The summed E-state index contributed by atoms with van der Waals surface area (Å²) in [6.45, 7) is -2.96. The minimum absolute atomic E-state index is 0.0506. The molecule has 0 fully saturated rings. The molecule has 0 unspecified atom stereocenters. The first-order valence-corrected chi connectivity index (χ1v) is 6.47. The van der Waals surface area contributed by atoms with E-state index in [0.29, 0.717) is 5.56 Å². The summed E-state index contributed by atoms with van der Waals surface area (Å²) in [5.41, 5.74) is 0.746. The van der Waals surface area contributed by atoms with Crippen LogP contribution in [0.15, 0.2) is 54.6 Å². The highest BCUT2D eigenvalue weighted by atomic mass is 19.3. The number of carbonyl (C=O) groups is 1. The third-order valence-electron chi connectivity index (χ3n) is 2.87. The lowest BCUT2D eigenvalue weighted by Gasteiger charge is -2.04. The summed E-state index contributed by atoms with van der Waals surface area (Å²) in [7, 11) is 0. The predicted octanol–water partition coefficient (Wildman–Crippen LogP) is 4.09. The minimum Gasteiger partial charge on any atom is -0.435 e. The number of benzene rings is 2. The molecule has 0 aliphatic heterocycles. The van der Waals surface area contributed by atoms with Gasteiger partial charge in [0.1, 0.15) is 5.75 Å². The standard InChI is InChI=1S/C16H11F2NO4/c17-16(18)23-14-3-1-2-12(10-14)15(20)9-6-11-4-7-13(8-5-11)19(21)22/h1-10,16H/b9-6+. The third-order valence-corrected chi connectivity index (χ3v) is 2.87. The zero-order valence-electron chi connectivity index (χ0n) is 11.7. The van der Waals surface area contributed by atoms with Crippen molar-refractivity contribution in [2.75, 3.05) is 0 Å². The van der Waals surface area contributed by atoms with Crippen LogP contribution >= 0.6 is 0 Å². The SMILES string of the molecule is O=C(/C=C/c1ccc([N+](=O)[O-])cc1)c1cccc(OC(F)F)c1. The Balaban J connectivity index is 2.10. The number of alkyl halides is 2. The molecule has 0 bridgehead atoms. The van der Waals surface area contributed by atoms with Crippen molar-refractivity contribution >= 4 is 17.5 Å². The first-order valence-electron chi connectivity index (χ1n) is 6.47. The molecule has 2 aromatic carbocycles. The van der Waals surface area contributed by atoms with Crippen molar-refractivity contribution in [3.05, 3.63) is 75.8 Å². The summed E-state index contributed by atoms with van der Waals surface area (Å²) in [6, 6.07) is 11.1. The van der Waals surface area contributed by atoms with Crippen molar-refractivity contribution < 1.29 is 23.2 Å². The average Bonchev–Trinajstić information content (AvgIpc) is 2.52. The summed E-state index contributed by atoms with van der Waals surface area (Å²) in [5.74, 6) is -0.502. The molecule has 2 rings (SSSR count). The molecule has 5 nitrogen and oxygen atoms in total. The van der Waals surface area contributed by atoms with Crippen molar-refractivity contribution in [3.63, 3.8) is 0 Å². The Morgan fingerprint density at radius 1 is 1.17 bits per heavy atom. The fraction of sp³-hybridized carbons (Fsp3) is 0.0625. The summed E-state index contributed by atoms with van der Waals surface area (Å²) in [5, 5.41) is 10.5. The molecule has 0 saturated carbocycles. The van der Waals surface area contributed by atoms with Crippen LogP contribution in [0, 0.1) is 10.1 Å². The number of hydrogen-bond donors (Lipinski definition) is 0. The number of halogens is 2. The van der Waals surface area contributed by atoms with E-state index in [-0.39, 0.29) is 17.0 Å².